The molecule has 2 aliphatic heterocycles. The molecule has 1 saturated heterocycles. The number of piperidine rings is 1. The Kier molecular flexibility index (Phi) is 5.63. The second-order valence-corrected chi connectivity index (χ2v) is 8.36. The molecule has 0 aliphatic carbocycles. The van der Waals surface area contributed by atoms with Gasteiger partial charge in [-0.3, -0.25) is 19.3 Å². The van der Waals surface area contributed by atoms with Crippen LogP contribution in [0.25, 0.3) is 0 Å². The quantitative estimate of drug-likeness (QED) is 0.541. The van der Waals surface area contributed by atoms with E-state index >= 15 is 0 Å². The van der Waals surface area contributed by atoms with Gasteiger partial charge in [-0.1, -0.05) is 13.8 Å². The van der Waals surface area contributed by atoms with Gasteiger partial charge in [-0.05, 0) is 48.6 Å². The Morgan fingerprint density at radius 1 is 1.06 bits per heavy atom. The van der Waals surface area contributed by atoms with Crippen LogP contribution in [0.4, 0.5) is 0 Å². The molecule has 2 aromatic rings. The fraction of sp³-hybridized carbons (Fsp3) is 0.391. The Morgan fingerprint density at radius 3 is 2.45 bits per heavy atom. The third-order valence-corrected chi connectivity index (χ3v) is 5.65. The lowest BCUT2D eigenvalue weighted by Crippen LogP contribution is -2.44. The fourth-order valence-electron chi connectivity index (χ4n) is 4.29. The van der Waals surface area contributed by atoms with E-state index in [1.54, 1.807) is 17.0 Å². The van der Waals surface area contributed by atoms with Crippen LogP contribution in [0, 0.1) is 11.8 Å². The summed E-state index contributed by atoms with van der Waals surface area (Å²) in [4.78, 5) is 52.9. The summed E-state index contributed by atoms with van der Waals surface area (Å²) in [5, 5.41) is 0. The van der Waals surface area contributed by atoms with Crippen LogP contribution in [0.3, 0.4) is 0 Å². The van der Waals surface area contributed by atoms with Crippen LogP contribution in [-0.2, 0) is 16.1 Å². The van der Waals surface area contributed by atoms with Crippen molar-refractivity contribution in [2.45, 2.75) is 26.8 Å². The Bertz CT molecular complexity index is 1020. The van der Waals surface area contributed by atoms with Crippen LogP contribution in [0.15, 0.2) is 41.0 Å². The first-order chi connectivity index (χ1) is 14.8. The highest BCUT2D eigenvalue weighted by molar-refractivity contribution is 6.21. The summed E-state index contributed by atoms with van der Waals surface area (Å²) in [5.41, 5.74) is 0.476. The SMILES string of the molecule is C[C@H]1C[C@H](C)CN(C(=O)COC(=O)c2ccc3c(c2)C(=O)N(Cc2ccco2)C3=O)C1. The van der Waals surface area contributed by atoms with E-state index in [0.29, 0.717) is 30.7 Å². The van der Waals surface area contributed by atoms with Crippen LogP contribution in [0.2, 0.25) is 0 Å². The lowest BCUT2D eigenvalue weighted by atomic mass is 9.92. The first-order valence-electron chi connectivity index (χ1n) is 10.3. The number of likely N-dealkylation sites (tertiary alicyclic amines) is 1. The summed E-state index contributed by atoms with van der Waals surface area (Å²) in [6, 6.07) is 7.55. The zero-order valence-electron chi connectivity index (χ0n) is 17.5. The minimum Gasteiger partial charge on any atom is -0.467 e. The number of fused-ring (bicyclic) bond motifs is 1. The van der Waals surface area contributed by atoms with Crippen molar-refractivity contribution in [3.05, 3.63) is 59.0 Å². The first kappa shape index (κ1) is 20.8. The van der Waals surface area contributed by atoms with E-state index < -0.39 is 17.8 Å². The lowest BCUT2D eigenvalue weighted by molar-refractivity contribution is -0.137. The fourth-order valence-corrected chi connectivity index (χ4v) is 4.29. The number of nitrogens with zero attached hydrogens (tertiary/aromatic N) is 2. The molecular formula is C23H24N2O6. The number of imide groups is 1. The number of carbonyl (C=O) groups excluding carboxylic acids is 4. The maximum atomic E-state index is 12.7. The summed E-state index contributed by atoms with van der Waals surface area (Å²) in [5.74, 6) is -0.587. The van der Waals surface area contributed by atoms with Crippen molar-refractivity contribution in [1.29, 1.82) is 0 Å². The number of amides is 3. The molecule has 0 radical (unpaired) electrons. The van der Waals surface area contributed by atoms with Crippen LogP contribution in [0.5, 0.6) is 0 Å². The molecule has 0 unspecified atom stereocenters. The van der Waals surface area contributed by atoms with Gasteiger partial charge in [0.1, 0.15) is 5.76 Å². The summed E-state index contributed by atoms with van der Waals surface area (Å²) in [7, 11) is 0. The molecule has 1 aromatic carbocycles. The molecule has 0 saturated carbocycles. The Hall–Kier alpha value is -3.42. The first-order valence-corrected chi connectivity index (χ1v) is 10.3. The molecule has 8 nitrogen and oxygen atoms in total. The molecule has 0 N–H and O–H groups in total. The number of esters is 1. The minimum absolute atomic E-state index is 0.0142. The van der Waals surface area contributed by atoms with Crippen LogP contribution < -0.4 is 0 Å². The minimum atomic E-state index is -0.709. The number of hydrogen-bond donors (Lipinski definition) is 0. The predicted molar refractivity (Wildman–Crippen MR) is 109 cm³/mol. The van der Waals surface area contributed by atoms with Gasteiger partial charge in [0, 0.05) is 13.1 Å². The molecule has 3 heterocycles. The maximum Gasteiger partial charge on any atom is 0.338 e. The van der Waals surface area contributed by atoms with Crippen molar-refractivity contribution in [1.82, 2.24) is 9.80 Å². The number of rotatable bonds is 5. The molecule has 1 aromatic heterocycles. The highest BCUT2D eigenvalue weighted by atomic mass is 16.5. The summed E-state index contributed by atoms with van der Waals surface area (Å²) < 4.78 is 10.4. The Labute approximate surface area is 179 Å². The van der Waals surface area contributed by atoms with Gasteiger partial charge in [0.2, 0.25) is 0 Å². The average Bonchev–Trinajstić information content (AvgIpc) is 3.34. The average molecular weight is 424 g/mol. The van der Waals surface area contributed by atoms with Crippen LogP contribution in [0.1, 0.15) is 57.1 Å². The van der Waals surface area contributed by atoms with Crippen LogP contribution >= 0.6 is 0 Å². The van der Waals surface area contributed by atoms with E-state index in [4.69, 9.17) is 9.15 Å². The third-order valence-electron chi connectivity index (χ3n) is 5.65. The smallest absolute Gasteiger partial charge is 0.338 e. The normalized spacial score (nSPS) is 20.7. The van der Waals surface area contributed by atoms with Gasteiger partial charge >= 0.3 is 5.97 Å². The molecule has 0 bridgehead atoms. The maximum absolute atomic E-state index is 12.7. The van der Waals surface area contributed by atoms with Crippen molar-refractivity contribution in [3.63, 3.8) is 0 Å². The summed E-state index contributed by atoms with van der Waals surface area (Å²) in [6.07, 6.45) is 2.54. The monoisotopic (exact) mass is 424 g/mol. The highest BCUT2D eigenvalue weighted by Gasteiger charge is 2.36. The van der Waals surface area contributed by atoms with Crippen molar-refractivity contribution in [3.8, 4) is 0 Å². The Morgan fingerprint density at radius 2 is 1.77 bits per heavy atom. The van der Waals surface area contributed by atoms with Crippen LogP contribution in [-0.4, -0.2) is 53.2 Å². The van der Waals surface area contributed by atoms with Gasteiger partial charge < -0.3 is 14.1 Å². The van der Waals surface area contributed by atoms with Crippen molar-refractivity contribution >= 4 is 23.7 Å². The number of furan rings is 1. The summed E-state index contributed by atoms with van der Waals surface area (Å²) >= 11 is 0. The highest BCUT2D eigenvalue weighted by Crippen LogP contribution is 2.26. The number of carbonyl (C=O) groups is 4. The largest absolute Gasteiger partial charge is 0.467 e. The van der Waals surface area contributed by atoms with Gasteiger partial charge in [-0.15, -0.1) is 0 Å². The summed E-state index contributed by atoms with van der Waals surface area (Å²) in [6.45, 7) is 5.16. The van der Waals surface area contributed by atoms with Crippen molar-refractivity contribution < 1.29 is 28.3 Å². The van der Waals surface area contributed by atoms with Crippen molar-refractivity contribution in [2.24, 2.45) is 11.8 Å². The molecule has 2 atom stereocenters. The van der Waals surface area contributed by atoms with Gasteiger partial charge in [0.05, 0.1) is 29.5 Å². The number of ether oxygens (including phenoxy) is 1. The molecular weight excluding hydrogens is 400 g/mol. The van der Waals surface area contributed by atoms with E-state index in [9.17, 15) is 19.2 Å². The molecule has 0 spiro atoms. The zero-order chi connectivity index (χ0) is 22.1. The molecule has 3 amide bonds. The number of benzene rings is 1. The van der Waals surface area contributed by atoms with E-state index in [2.05, 4.69) is 13.8 Å². The molecule has 4 rings (SSSR count). The predicted octanol–water partition coefficient (Wildman–Crippen LogP) is 2.74. The number of hydrogen-bond acceptors (Lipinski definition) is 6. The standard InChI is InChI=1S/C23H24N2O6/c1-14-8-15(2)11-24(10-14)20(26)13-31-23(29)16-5-6-18-19(9-16)22(28)25(21(18)27)12-17-4-3-7-30-17/h3-7,9,14-15H,8,10-13H2,1-2H3/t14-,15-/m0/s1. The second-order valence-electron chi connectivity index (χ2n) is 8.36. The van der Waals surface area contributed by atoms with E-state index in [0.717, 1.165) is 11.3 Å². The topological polar surface area (TPSA) is 97.1 Å². The van der Waals surface area contributed by atoms with Crippen molar-refractivity contribution in [2.75, 3.05) is 19.7 Å². The van der Waals surface area contributed by atoms with E-state index in [1.807, 2.05) is 0 Å². The van der Waals surface area contributed by atoms with E-state index in [-0.39, 0.29) is 35.7 Å². The van der Waals surface area contributed by atoms with Gasteiger partial charge in [-0.2, -0.15) is 0 Å². The van der Waals surface area contributed by atoms with E-state index in [1.165, 1.54) is 24.5 Å². The lowest BCUT2D eigenvalue weighted by Gasteiger charge is -2.34. The van der Waals surface area contributed by atoms with Gasteiger partial charge in [0.25, 0.3) is 17.7 Å². The molecule has 162 valence electrons. The molecule has 2 aliphatic rings. The molecule has 1 fully saturated rings. The second kappa shape index (κ2) is 8.37. The zero-order valence-corrected chi connectivity index (χ0v) is 17.5. The van der Waals surface area contributed by atoms with Gasteiger partial charge in [-0.25, -0.2) is 4.79 Å². The third kappa shape index (κ3) is 4.23. The molecule has 8 heteroatoms. The Balaban J connectivity index is 1.41. The van der Waals surface area contributed by atoms with Gasteiger partial charge in [0.15, 0.2) is 6.61 Å². The molecule has 31 heavy (non-hydrogen) atoms.